The first kappa shape index (κ1) is 17.2. The number of aryl methyl sites for hydroxylation is 1. The van der Waals surface area contributed by atoms with Gasteiger partial charge in [-0.15, -0.1) is 0 Å². The number of benzene rings is 1. The molecule has 0 unspecified atom stereocenters. The molecular weight excluding hydrogens is 322 g/mol. The molecule has 2 heterocycles. The van der Waals surface area contributed by atoms with Crippen molar-refractivity contribution in [1.29, 1.82) is 0 Å². The molecule has 0 spiro atoms. The van der Waals surface area contributed by atoms with Crippen molar-refractivity contribution in [2.45, 2.75) is 45.0 Å². The molecule has 0 saturated heterocycles. The number of rotatable bonds is 5. The van der Waals surface area contributed by atoms with Crippen molar-refractivity contribution in [3.05, 3.63) is 41.5 Å². The molecule has 134 valence electrons. The van der Waals surface area contributed by atoms with Gasteiger partial charge in [-0.2, -0.15) is 5.10 Å². The molecule has 3 rings (SSSR count). The summed E-state index contributed by atoms with van der Waals surface area (Å²) >= 11 is 0. The van der Waals surface area contributed by atoms with E-state index in [1.165, 1.54) is 0 Å². The fraction of sp³-hybridized carbons (Fsp3) is 0.471. The number of fused-ring (bicyclic) bond motifs is 1. The van der Waals surface area contributed by atoms with E-state index in [-0.39, 0.29) is 23.9 Å². The number of aromatic nitrogens is 3. The van der Waals surface area contributed by atoms with Crippen molar-refractivity contribution in [2.24, 2.45) is 0 Å². The maximum absolute atomic E-state index is 12.2. The van der Waals surface area contributed by atoms with Gasteiger partial charge >= 0.3 is 6.03 Å². The number of carbonyl (C=O) groups excluding carboxylic acids is 1. The Morgan fingerprint density at radius 3 is 3.12 bits per heavy atom. The largest absolute Gasteiger partial charge is 0.508 e. The Hall–Kier alpha value is -2.61. The van der Waals surface area contributed by atoms with Gasteiger partial charge in [0.2, 0.25) is 0 Å². The highest BCUT2D eigenvalue weighted by Crippen LogP contribution is 2.18. The predicted molar refractivity (Wildman–Crippen MR) is 91.0 cm³/mol. The van der Waals surface area contributed by atoms with E-state index in [2.05, 4.69) is 20.7 Å². The van der Waals surface area contributed by atoms with Crippen molar-refractivity contribution < 1.29 is 14.6 Å². The quantitative estimate of drug-likeness (QED) is 0.762. The molecule has 0 aliphatic carbocycles. The van der Waals surface area contributed by atoms with Crippen molar-refractivity contribution in [3.8, 4) is 5.75 Å². The van der Waals surface area contributed by atoms with Gasteiger partial charge in [0, 0.05) is 13.5 Å². The van der Waals surface area contributed by atoms with Gasteiger partial charge < -0.3 is 20.5 Å². The molecule has 1 aliphatic rings. The summed E-state index contributed by atoms with van der Waals surface area (Å²) in [5.74, 6) is 1.78. The van der Waals surface area contributed by atoms with Crippen LogP contribution in [0.15, 0.2) is 24.3 Å². The standard InChI is InChI=1S/C17H23N5O3/c1-11(12-4-3-5-14(23)8-12)18-17(24)19-13-6-7-16-20-15(10-25-2)21-22(16)9-13/h3-5,8,11,13,23H,6-7,9-10H2,1-2H3,(H2,18,19,24)/t11-,13-/m1/s1. The Labute approximate surface area is 146 Å². The van der Waals surface area contributed by atoms with Gasteiger partial charge in [0.25, 0.3) is 0 Å². The molecule has 8 nitrogen and oxygen atoms in total. The molecule has 8 heteroatoms. The van der Waals surface area contributed by atoms with Crippen LogP contribution in [-0.4, -0.2) is 39.1 Å². The fourth-order valence-corrected chi connectivity index (χ4v) is 2.97. The monoisotopic (exact) mass is 345 g/mol. The summed E-state index contributed by atoms with van der Waals surface area (Å²) in [6.07, 6.45) is 1.59. The minimum absolute atomic E-state index is 0.000899. The summed E-state index contributed by atoms with van der Waals surface area (Å²) < 4.78 is 6.89. The van der Waals surface area contributed by atoms with E-state index in [0.29, 0.717) is 19.0 Å². The second kappa shape index (κ2) is 7.52. The second-order valence-corrected chi connectivity index (χ2v) is 6.23. The van der Waals surface area contributed by atoms with Gasteiger partial charge in [-0.1, -0.05) is 12.1 Å². The number of nitrogens with zero attached hydrogens (tertiary/aromatic N) is 3. The zero-order valence-corrected chi connectivity index (χ0v) is 14.4. The molecule has 3 N–H and O–H groups in total. The Balaban J connectivity index is 1.54. The molecule has 0 fully saturated rings. The Bertz CT molecular complexity index is 746. The molecule has 0 saturated carbocycles. The lowest BCUT2D eigenvalue weighted by molar-refractivity contribution is 0.177. The van der Waals surface area contributed by atoms with E-state index in [4.69, 9.17) is 4.74 Å². The Morgan fingerprint density at radius 1 is 1.52 bits per heavy atom. The number of hydrogen-bond acceptors (Lipinski definition) is 5. The highest BCUT2D eigenvalue weighted by Gasteiger charge is 2.23. The van der Waals surface area contributed by atoms with Crippen LogP contribution in [0.2, 0.25) is 0 Å². The summed E-state index contributed by atoms with van der Waals surface area (Å²) in [6.45, 7) is 2.86. The molecule has 1 aromatic carbocycles. The van der Waals surface area contributed by atoms with Gasteiger partial charge in [-0.05, 0) is 31.0 Å². The molecule has 2 amide bonds. The van der Waals surface area contributed by atoms with Crippen LogP contribution in [0.1, 0.15) is 36.6 Å². The summed E-state index contributed by atoms with van der Waals surface area (Å²) in [7, 11) is 1.61. The summed E-state index contributed by atoms with van der Waals surface area (Å²) in [5.41, 5.74) is 0.849. The molecule has 1 aliphatic heterocycles. The van der Waals surface area contributed by atoms with E-state index >= 15 is 0 Å². The minimum Gasteiger partial charge on any atom is -0.508 e. The Morgan fingerprint density at radius 2 is 2.36 bits per heavy atom. The summed E-state index contributed by atoms with van der Waals surface area (Å²) in [4.78, 5) is 16.7. The van der Waals surface area contributed by atoms with Crippen LogP contribution in [0.3, 0.4) is 0 Å². The van der Waals surface area contributed by atoms with E-state index < -0.39 is 0 Å². The van der Waals surface area contributed by atoms with Gasteiger partial charge in [0.1, 0.15) is 18.2 Å². The molecule has 0 bridgehead atoms. The number of phenolic OH excluding ortho intramolecular Hbond substituents is 1. The predicted octanol–water partition coefficient (Wildman–Crippen LogP) is 1.51. The number of aromatic hydroxyl groups is 1. The van der Waals surface area contributed by atoms with Gasteiger partial charge in [-0.3, -0.25) is 0 Å². The van der Waals surface area contributed by atoms with Crippen LogP contribution < -0.4 is 10.6 Å². The van der Waals surface area contributed by atoms with Gasteiger partial charge in [0.05, 0.1) is 18.6 Å². The molecule has 2 aromatic rings. The van der Waals surface area contributed by atoms with Crippen LogP contribution >= 0.6 is 0 Å². The van der Waals surface area contributed by atoms with E-state index in [1.807, 2.05) is 17.7 Å². The number of urea groups is 1. The van der Waals surface area contributed by atoms with Crippen molar-refractivity contribution >= 4 is 6.03 Å². The first-order valence-corrected chi connectivity index (χ1v) is 8.32. The van der Waals surface area contributed by atoms with Crippen molar-refractivity contribution in [3.63, 3.8) is 0 Å². The number of phenols is 1. The average Bonchev–Trinajstić information content (AvgIpc) is 2.96. The molecule has 0 radical (unpaired) electrons. The summed E-state index contributed by atoms with van der Waals surface area (Å²) in [5, 5.41) is 19.8. The highest BCUT2D eigenvalue weighted by molar-refractivity contribution is 5.74. The number of methoxy groups -OCH3 is 1. The molecule has 1 aromatic heterocycles. The van der Waals surface area contributed by atoms with Crippen LogP contribution in [0.25, 0.3) is 0 Å². The third-order valence-electron chi connectivity index (χ3n) is 4.23. The second-order valence-electron chi connectivity index (χ2n) is 6.23. The van der Waals surface area contributed by atoms with Crippen molar-refractivity contribution in [2.75, 3.05) is 7.11 Å². The topological polar surface area (TPSA) is 101 Å². The molecule has 25 heavy (non-hydrogen) atoms. The van der Waals surface area contributed by atoms with Crippen molar-refractivity contribution in [1.82, 2.24) is 25.4 Å². The minimum atomic E-state index is -0.235. The normalized spacial score (nSPS) is 17.6. The van der Waals surface area contributed by atoms with E-state index in [1.54, 1.807) is 25.3 Å². The zero-order valence-electron chi connectivity index (χ0n) is 14.4. The highest BCUT2D eigenvalue weighted by atomic mass is 16.5. The Kier molecular flexibility index (Phi) is 5.18. The fourth-order valence-electron chi connectivity index (χ4n) is 2.97. The third-order valence-corrected chi connectivity index (χ3v) is 4.23. The third kappa shape index (κ3) is 4.27. The van der Waals surface area contributed by atoms with E-state index in [9.17, 15) is 9.90 Å². The van der Waals surface area contributed by atoms with Gasteiger partial charge in [-0.25, -0.2) is 14.5 Å². The van der Waals surface area contributed by atoms with Crippen LogP contribution in [0.4, 0.5) is 4.79 Å². The molecule has 2 atom stereocenters. The number of hydrogen-bond donors (Lipinski definition) is 3. The zero-order chi connectivity index (χ0) is 17.8. The lowest BCUT2D eigenvalue weighted by Crippen LogP contribution is -2.46. The van der Waals surface area contributed by atoms with Gasteiger partial charge in [0.15, 0.2) is 5.82 Å². The average molecular weight is 345 g/mol. The van der Waals surface area contributed by atoms with Crippen LogP contribution in [-0.2, 0) is 24.3 Å². The SMILES string of the molecule is COCc1nc2n(n1)C[C@H](NC(=O)N[C@H](C)c1cccc(O)c1)CC2. The van der Waals surface area contributed by atoms with Crippen LogP contribution in [0.5, 0.6) is 5.75 Å². The number of ether oxygens (including phenoxy) is 1. The number of nitrogens with one attached hydrogen (secondary N) is 2. The lowest BCUT2D eigenvalue weighted by atomic mass is 10.1. The van der Waals surface area contributed by atoms with E-state index in [0.717, 1.165) is 24.2 Å². The first-order chi connectivity index (χ1) is 12.0. The number of carbonyl (C=O) groups is 1. The van der Waals surface area contributed by atoms with Crippen LogP contribution in [0, 0.1) is 0 Å². The summed E-state index contributed by atoms with van der Waals surface area (Å²) in [6, 6.07) is 6.43. The maximum Gasteiger partial charge on any atom is 0.315 e. The first-order valence-electron chi connectivity index (χ1n) is 8.32. The smallest absolute Gasteiger partial charge is 0.315 e. The molecular formula is C17H23N5O3. The maximum atomic E-state index is 12.2. The lowest BCUT2D eigenvalue weighted by Gasteiger charge is -2.24. The number of amides is 2.